The molecule has 0 aliphatic heterocycles. The summed E-state index contributed by atoms with van der Waals surface area (Å²) < 4.78 is 10.8. The zero-order valence-corrected chi connectivity index (χ0v) is 14.3. The van der Waals surface area contributed by atoms with Crippen molar-refractivity contribution < 1.29 is 13.9 Å². The Morgan fingerprint density at radius 1 is 1.20 bits per heavy atom. The lowest BCUT2D eigenvalue weighted by Gasteiger charge is -2.05. The fourth-order valence-electron chi connectivity index (χ4n) is 2.25. The van der Waals surface area contributed by atoms with Gasteiger partial charge in [0.05, 0.1) is 17.7 Å². The number of rotatable bonds is 6. The zero-order chi connectivity index (χ0) is 17.6. The number of hydrogen-bond donors (Lipinski definition) is 1. The molecule has 2 aromatic carbocycles. The minimum Gasteiger partial charge on any atom is -0.497 e. The summed E-state index contributed by atoms with van der Waals surface area (Å²) in [4.78, 5) is 12.1. The van der Waals surface area contributed by atoms with E-state index in [-0.39, 0.29) is 5.91 Å². The van der Waals surface area contributed by atoms with Gasteiger partial charge in [-0.25, -0.2) is 0 Å². The third-order valence-corrected chi connectivity index (χ3v) is 3.86. The Balaban J connectivity index is 1.59. The molecule has 3 aromatic rings. The van der Waals surface area contributed by atoms with E-state index in [1.807, 2.05) is 24.3 Å². The zero-order valence-electron chi connectivity index (χ0n) is 13.5. The molecule has 1 N–H and O–H groups in total. The summed E-state index contributed by atoms with van der Waals surface area (Å²) >= 11 is 6.00. The maximum atomic E-state index is 12.1. The van der Waals surface area contributed by atoms with Crippen molar-refractivity contribution in [1.29, 1.82) is 0 Å². The van der Waals surface area contributed by atoms with Crippen LogP contribution in [0.1, 0.15) is 16.2 Å². The molecule has 0 unspecified atom stereocenters. The van der Waals surface area contributed by atoms with Crippen molar-refractivity contribution in [3.05, 3.63) is 65.0 Å². The third kappa shape index (κ3) is 4.16. The molecule has 7 heteroatoms. The van der Waals surface area contributed by atoms with Crippen LogP contribution in [0.15, 0.2) is 52.9 Å². The first-order valence-corrected chi connectivity index (χ1v) is 8.04. The van der Waals surface area contributed by atoms with Gasteiger partial charge in [-0.1, -0.05) is 29.8 Å². The number of amides is 1. The van der Waals surface area contributed by atoms with E-state index in [0.29, 0.717) is 41.1 Å². The predicted octanol–water partition coefficient (Wildman–Crippen LogP) is 3.37. The van der Waals surface area contributed by atoms with Crippen molar-refractivity contribution in [2.24, 2.45) is 0 Å². The van der Waals surface area contributed by atoms with Gasteiger partial charge in [-0.15, -0.1) is 10.2 Å². The summed E-state index contributed by atoms with van der Waals surface area (Å²) in [5.41, 5.74) is 1.21. The number of nitrogens with zero attached hydrogens (tertiary/aromatic N) is 2. The van der Waals surface area contributed by atoms with E-state index in [4.69, 9.17) is 20.8 Å². The molecule has 25 heavy (non-hydrogen) atoms. The number of methoxy groups -OCH3 is 1. The van der Waals surface area contributed by atoms with E-state index in [1.54, 1.807) is 31.4 Å². The van der Waals surface area contributed by atoms with Gasteiger partial charge < -0.3 is 14.5 Å². The highest BCUT2D eigenvalue weighted by molar-refractivity contribution is 6.33. The molecule has 1 heterocycles. The summed E-state index contributed by atoms with van der Waals surface area (Å²) in [7, 11) is 1.60. The van der Waals surface area contributed by atoms with E-state index in [0.717, 1.165) is 5.56 Å². The molecule has 0 radical (unpaired) electrons. The highest BCUT2D eigenvalue weighted by Gasteiger charge is 2.11. The van der Waals surface area contributed by atoms with E-state index in [9.17, 15) is 4.79 Å². The average Bonchev–Trinajstić information content (AvgIpc) is 3.11. The number of benzene rings is 2. The number of halogens is 1. The number of carbonyl (C=O) groups is 1. The van der Waals surface area contributed by atoms with Crippen molar-refractivity contribution in [2.75, 3.05) is 13.7 Å². The smallest absolute Gasteiger partial charge is 0.252 e. The summed E-state index contributed by atoms with van der Waals surface area (Å²) in [5, 5.41) is 11.2. The molecule has 0 bridgehead atoms. The van der Waals surface area contributed by atoms with Crippen LogP contribution in [0.4, 0.5) is 0 Å². The van der Waals surface area contributed by atoms with Crippen molar-refractivity contribution >= 4 is 17.5 Å². The Morgan fingerprint density at radius 3 is 2.84 bits per heavy atom. The fraction of sp³-hybridized carbons (Fsp3) is 0.167. The second kappa shape index (κ2) is 7.81. The van der Waals surface area contributed by atoms with Crippen molar-refractivity contribution in [3.63, 3.8) is 0 Å². The average molecular weight is 358 g/mol. The van der Waals surface area contributed by atoms with E-state index in [2.05, 4.69) is 15.5 Å². The number of nitrogens with one attached hydrogen (secondary N) is 1. The Morgan fingerprint density at radius 2 is 2.04 bits per heavy atom. The minimum absolute atomic E-state index is 0.238. The summed E-state index contributed by atoms with van der Waals surface area (Å²) in [6, 6.07) is 14.2. The predicted molar refractivity (Wildman–Crippen MR) is 93.8 cm³/mol. The van der Waals surface area contributed by atoms with E-state index >= 15 is 0 Å². The number of aromatic nitrogens is 2. The summed E-state index contributed by atoms with van der Waals surface area (Å²) in [6.45, 7) is 0.365. The van der Waals surface area contributed by atoms with Crippen LogP contribution >= 0.6 is 11.6 Å². The van der Waals surface area contributed by atoms with E-state index in [1.165, 1.54) is 0 Å². The Kier molecular flexibility index (Phi) is 5.30. The van der Waals surface area contributed by atoms with Gasteiger partial charge in [0.25, 0.3) is 5.91 Å². The number of hydrogen-bond acceptors (Lipinski definition) is 5. The molecule has 0 fully saturated rings. The van der Waals surface area contributed by atoms with Gasteiger partial charge >= 0.3 is 0 Å². The molecular formula is C18H16ClN3O3. The van der Waals surface area contributed by atoms with Crippen molar-refractivity contribution in [1.82, 2.24) is 15.5 Å². The molecule has 3 rings (SSSR count). The second-order valence-corrected chi connectivity index (χ2v) is 5.63. The molecule has 128 valence electrons. The quantitative estimate of drug-likeness (QED) is 0.731. The van der Waals surface area contributed by atoms with Gasteiger partial charge in [-0.2, -0.15) is 0 Å². The van der Waals surface area contributed by atoms with Crippen LogP contribution in [0, 0.1) is 0 Å². The first-order valence-electron chi connectivity index (χ1n) is 7.67. The van der Waals surface area contributed by atoms with Crippen LogP contribution in [-0.4, -0.2) is 29.8 Å². The van der Waals surface area contributed by atoms with Crippen molar-refractivity contribution in [3.8, 4) is 17.2 Å². The van der Waals surface area contributed by atoms with Crippen molar-refractivity contribution in [2.45, 2.75) is 6.42 Å². The Hall–Kier alpha value is -2.86. The maximum absolute atomic E-state index is 12.1. The summed E-state index contributed by atoms with van der Waals surface area (Å²) in [6.07, 6.45) is 0.424. The highest BCUT2D eigenvalue weighted by atomic mass is 35.5. The van der Waals surface area contributed by atoms with Gasteiger partial charge in [-0.05, 0) is 30.3 Å². The molecule has 0 atom stereocenters. The Bertz CT molecular complexity index is 879. The molecule has 0 saturated carbocycles. The minimum atomic E-state index is -0.238. The molecular weight excluding hydrogens is 342 g/mol. The lowest BCUT2D eigenvalue weighted by molar-refractivity contribution is 0.0954. The lowest BCUT2D eigenvalue weighted by Crippen LogP contribution is -2.26. The molecule has 0 aliphatic carbocycles. The van der Waals surface area contributed by atoms with Gasteiger partial charge in [0.2, 0.25) is 11.8 Å². The SMILES string of the molecule is COc1cccc(-c2nnc(CCNC(=O)c3ccccc3Cl)o2)c1. The van der Waals surface area contributed by atoms with Gasteiger partial charge in [0, 0.05) is 18.5 Å². The molecule has 6 nitrogen and oxygen atoms in total. The molecule has 0 saturated heterocycles. The molecule has 0 spiro atoms. The topological polar surface area (TPSA) is 77.3 Å². The molecule has 1 aromatic heterocycles. The largest absolute Gasteiger partial charge is 0.497 e. The molecule has 0 aliphatic rings. The van der Waals surface area contributed by atoms with Crippen LogP contribution < -0.4 is 10.1 Å². The number of carbonyl (C=O) groups excluding carboxylic acids is 1. The third-order valence-electron chi connectivity index (χ3n) is 3.53. The first kappa shape index (κ1) is 17.0. The van der Waals surface area contributed by atoms with Crippen LogP contribution in [0.3, 0.4) is 0 Å². The van der Waals surface area contributed by atoms with Gasteiger partial charge in [0.15, 0.2) is 0 Å². The molecule has 1 amide bonds. The second-order valence-electron chi connectivity index (χ2n) is 5.22. The fourth-order valence-corrected chi connectivity index (χ4v) is 2.47. The Labute approximate surface area is 149 Å². The summed E-state index contributed by atoms with van der Waals surface area (Å²) in [5.74, 6) is 1.32. The van der Waals surface area contributed by atoms with E-state index < -0.39 is 0 Å². The van der Waals surface area contributed by atoms with Crippen LogP contribution in [0.5, 0.6) is 5.75 Å². The monoisotopic (exact) mass is 357 g/mol. The standard InChI is InChI=1S/C18H16ClN3O3/c1-24-13-6-4-5-12(11-13)18-22-21-16(25-18)9-10-20-17(23)14-7-2-3-8-15(14)19/h2-8,11H,9-10H2,1H3,(H,20,23). The lowest BCUT2D eigenvalue weighted by atomic mass is 10.2. The number of ether oxygens (including phenoxy) is 1. The van der Waals surface area contributed by atoms with Crippen LogP contribution in [0.25, 0.3) is 11.5 Å². The first-order chi connectivity index (χ1) is 12.2. The van der Waals surface area contributed by atoms with Gasteiger partial charge in [0.1, 0.15) is 5.75 Å². The van der Waals surface area contributed by atoms with Crippen LogP contribution in [0.2, 0.25) is 5.02 Å². The highest BCUT2D eigenvalue weighted by Crippen LogP contribution is 2.22. The normalized spacial score (nSPS) is 10.5. The van der Waals surface area contributed by atoms with Gasteiger partial charge in [-0.3, -0.25) is 4.79 Å². The van der Waals surface area contributed by atoms with Crippen LogP contribution in [-0.2, 0) is 6.42 Å². The maximum Gasteiger partial charge on any atom is 0.252 e.